The molecule has 2 N–H and O–H groups in total. The van der Waals surface area contributed by atoms with Gasteiger partial charge >= 0.3 is 12.1 Å². The molecule has 0 bridgehead atoms. The van der Waals surface area contributed by atoms with Crippen LogP contribution in [0.4, 0.5) is 4.79 Å². The van der Waals surface area contributed by atoms with Gasteiger partial charge < -0.3 is 14.8 Å². The van der Waals surface area contributed by atoms with Crippen molar-refractivity contribution in [1.82, 2.24) is 10.6 Å². The lowest BCUT2D eigenvalue weighted by Crippen LogP contribution is -2.44. The van der Waals surface area contributed by atoms with Crippen molar-refractivity contribution in [3.05, 3.63) is 71.3 Å². The second-order valence-electron chi connectivity index (χ2n) is 5.75. The molecule has 130 valence electrons. The Labute approximate surface area is 146 Å². The number of carbonyl (C=O) groups excluding carboxylic acids is 2. The van der Waals surface area contributed by atoms with Gasteiger partial charge in [0.05, 0.1) is 13.2 Å². The Morgan fingerprint density at radius 1 is 1.08 bits per heavy atom. The zero-order valence-corrected chi connectivity index (χ0v) is 13.9. The van der Waals surface area contributed by atoms with Crippen molar-refractivity contribution in [3.63, 3.8) is 0 Å². The highest BCUT2D eigenvalue weighted by Gasteiger charge is 2.32. The smallest absolute Gasteiger partial charge is 0.407 e. The Kier molecular flexibility index (Phi) is 5.30. The molecule has 1 heterocycles. The Bertz CT molecular complexity index is 748. The van der Waals surface area contributed by atoms with E-state index in [1.807, 2.05) is 54.6 Å². The molecule has 2 atom stereocenters. The van der Waals surface area contributed by atoms with Crippen LogP contribution < -0.4 is 10.6 Å². The molecule has 2 aromatic carbocycles. The van der Waals surface area contributed by atoms with Gasteiger partial charge in [0.1, 0.15) is 12.6 Å². The minimum absolute atomic E-state index is 0.208. The number of alkyl carbamates (subject to hydrolysis) is 1. The van der Waals surface area contributed by atoms with Gasteiger partial charge in [-0.2, -0.15) is 0 Å². The maximum Gasteiger partial charge on any atom is 0.407 e. The third-order valence-electron chi connectivity index (χ3n) is 4.15. The minimum atomic E-state index is -0.528. The van der Waals surface area contributed by atoms with E-state index < -0.39 is 12.1 Å². The van der Waals surface area contributed by atoms with Gasteiger partial charge in [0.15, 0.2) is 0 Å². The van der Waals surface area contributed by atoms with Crippen molar-refractivity contribution in [2.75, 3.05) is 13.7 Å². The highest BCUT2D eigenvalue weighted by atomic mass is 16.5. The van der Waals surface area contributed by atoms with E-state index in [1.54, 1.807) is 0 Å². The molecule has 0 fully saturated rings. The van der Waals surface area contributed by atoms with Gasteiger partial charge in [0, 0.05) is 6.54 Å². The number of esters is 1. The van der Waals surface area contributed by atoms with Crippen LogP contribution in [0, 0.1) is 0 Å². The van der Waals surface area contributed by atoms with Gasteiger partial charge in [-0.05, 0) is 16.7 Å². The third-order valence-corrected chi connectivity index (χ3v) is 4.15. The maximum atomic E-state index is 12.1. The van der Waals surface area contributed by atoms with E-state index in [-0.39, 0.29) is 18.6 Å². The molecule has 0 saturated heterocycles. The van der Waals surface area contributed by atoms with Crippen LogP contribution >= 0.6 is 0 Å². The number of carbonyl (C=O) groups is 2. The van der Waals surface area contributed by atoms with Crippen LogP contribution in [0.2, 0.25) is 0 Å². The Morgan fingerprint density at radius 3 is 2.48 bits per heavy atom. The number of rotatable bonds is 4. The number of amides is 1. The summed E-state index contributed by atoms with van der Waals surface area (Å²) in [6.07, 6.45) is -0.498. The monoisotopic (exact) mass is 340 g/mol. The molecule has 0 radical (unpaired) electrons. The fraction of sp³-hybridized carbons (Fsp3) is 0.263. The standard InChI is InChI=1S/C19H20N2O4/c1-24-18(22)17-15-10-6-5-9-14(15)16(11-20-17)21-19(23)25-12-13-7-3-2-4-8-13/h2-10,16-17,20H,11-12H2,1H3,(H,21,23)/t16-,17-/m0/s1. The first-order valence-electron chi connectivity index (χ1n) is 8.06. The normalized spacial score (nSPS) is 18.8. The molecule has 1 aliphatic rings. The maximum absolute atomic E-state index is 12.1. The van der Waals surface area contributed by atoms with Crippen molar-refractivity contribution in [2.45, 2.75) is 18.7 Å². The van der Waals surface area contributed by atoms with Crippen LogP contribution in [-0.2, 0) is 20.9 Å². The fourth-order valence-electron chi connectivity index (χ4n) is 2.91. The predicted octanol–water partition coefficient (Wildman–Crippen LogP) is 2.47. The summed E-state index contributed by atoms with van der Waals surface area (Å²) in [6.45, 7) is 0.621. The lowest BCUT2D eigenvalue weighted by Gasteiger charge is -2.31. The first-order chi connectivity index (χ1) is 12.2. The number of hydrogen-bond acceptors (Lipinski definition) is 5. The molecule has 3 rings (SSSR count). The van der Waals surface area contributed by atoms with E-state index >= 15 is 0 Å². The molecule has 1 amide bonds. The molecule has 6 nitrogen and oxygen atoms in total. The van der Waals surface area contributed by atoms with Crippen molar-refractivity contribution < 1.29 is 19.1 Å². The number of nitrogens with one attached hydrogen (secondary N) is 2. The summed E-state index contributed by atoms with van der Waals surface area (Å²) in [6, 6.07) is 16.2. The number of benzene rings is 2. The number of fused-ring (bicyclic) bond motifs is 1. The first-order valence-corrected chi connectivity index (χ1v) is 8.06. The highest BCUT2D eigenvalue weighted by Crippen LogP contribution is 2.29. The zero-order chi connectivity index (χ0) is 17.6. The van der Waals surface area contributed by atoms with Gasteiger partial charge in [-0.25, -0.2) is 9.59 Å². The van der Waals surface area contributed by atoms with E-state index in [9.17, 15) is 9.59 Å². The van der Waals surface area contributed by atoms with Crippen LogP contribution in [0.1, 0.15) is 28.8 Å². The summed E-state index contributed by atoms with van der Waals surface area (Å²) in [5.74, 6) is -0.349. The lowest BCUT2D eigenvalue weighted by molar-refractivity contribution is -0.143. The van der Waals surface area contributed by atoms with Gasteiger partial charge in [0.2, 0.25) is 0 Å². The lowest BCUT2D eigenvalue weighted by atomic mass is 9.91. The summed E-state index contributed by atoms with van der Waals surface area (Å²) in [5, 5.41) is 5.96. The van der Waals surface area contributed by atoms with Crippen LogP contribution in [0.3, 0.4) is 0 Å². The summed E-state index contributed by atoms with van der Waals surface area (Å²) < 4.78 is 10.1. The molecule has 0 unspecified atom stereocenters. The van der Waals surface area contributed by atoms with E-state index in [4.69, 9.17) is 9.47 Å². The van der Waals surface area contributed by atoms with Crippen LogP contribution in [0.25, 0.3) is 0 Å². The average molecular weight is 340 g/mol. The summed E-state index contributed by atoms with van der Waals surface area (Å²) in [5.41, 5.74) is 2.60. The molecular formula is C19H20N2O4. The topological polar surface area (TPSA) is 76.7 Å². The molecule has 25 heavy (non-hydrogen) atoms. The van der Waals surface area contributed by atoms with Crippen molar-refractivity contribution in [3.8, 4) is 0 Å². The van der Waals surface area contributed by atoms with E-state index in [0.29, 0.717) is 6.54 Å². The number of methoxy groups -OCH3 is 1. The highest BCUT2D eigenvalue weighted by molar-refractivity contribution is 5.79. The van der Waals surface area contributed by atoms with Gasteiger partial charge in [-0.15, -0.1) is 0 Å². The van der Waals surface area contributed by atoms with Crippen LogP contribution in [0.5, 0.6) is 0 Å². The minimum Gasteiger partial charge on any atom is -0.468 e. The second-order valence-corrected chi connectivity index (χ2v) is 5.75. The molecule has 0 aromatic heterocycles. The summed E-state index contributed by atoms with van der Waals surface area (Å²) in [4.78, 5) is 24.0. The average Bonchev–Trinajstić information content (AvgIpc) is 2.67. The van der Waals surface area contributed by atoms with Crippen molar-refractivity contribution >= 4 is 12.1 Å². The zero-order valence-electron chi connectivity index (χ0n) is 13.9. The first kappa shape index (κ1) is 17.0. The number of hydrogen-bond donors (Lipinski definition) is 2. The molecular weight excluding hydrogens is 320 g/mol. The fourth-order valence-corrected chi connectivity index (χ4v) is 2.91. The predicted molar refractivity (Wildman–Crippen MR) is 91.7 cm³/mol. The Balaban J connectivity index is 1.66. The Morgan fingerprint density at radius 2 is 1.76 bits per heavy atom. The molecule has 0 saturated carbocycles. The molecule has 0 spiro atoms. The SMILES string of the molecule is COC(=O)[C@H]1NC[C@H](NC(=O)OCc2ccccc2)c2ccccc21. The van der Waals surface area contributed by atoms with E-state index in [2.05, 4.69) is 10.6 Å². The van der Waals surface area contributed by atoms with Crippen LogP contribution in [-0.4, -0.2) is 25.7 Å². The molecule has 6 heteroatoms. The van der Waals surface area contributed by atoms with E-state index in [0.717, 1.165) is 16.7 Å². The molecule has 0 aliphatic carbocycles. The Hall–Kier alpha value is -2.86. The van der Waals surface area contributed by atoms with Gasteiger partial charge in [-0.3, -0.25) is 5.32 Å². The van der Waals surface area contributed by atoms with Gasteiger partial charge in [-0.1, -0.05) is 54.6 Å². The summed E-state index contributed by atoms with van der Waals surface area (Å²) in [7, 11) is 1.36. The van der Waals surface area contributed by atoms with Crippen LogP contribution in [0.15, 0.2) is 54.6 Å². The van der Waals surface area contributed by atoms with E-state index in [1.165, 1.54) is 7.11 Å². The second kappa shape index (κ2) is 7.81. The van der Waals surface area contributed by atoms with Crippen molar-refractivity contribution in [1.29, 1.82) is 0 Å². The van der Waals surface area contributed by atoms with Crippen molar-refractivity contribution in [2.24, 2.45) is 0 Å². The summed E-state index contributed by atoms with van der Waals surface area (Å²) >= 11 is 0. The number of ether oxygens (including phenoxy) is 2. The molecule has 2 aromatic rings. The quantitative estimate of drug-likeness (QED) is 0.836. The molecule has 1 aliphatic heterocycles. The third kappa shape index (κ3) is 3.97. The largest absolute Gasteiger partial charge is 0.468 e. The van der Waals surface area contributed by atoms with Gasteiger partial charge in [0.25, 0.3) is 0 Å².